The average Bonchev–Trinajstić information content (AvgIpc) is 2.61. The molecule has 3 rings (SSSR count). The Morgan fingerprint density at radius 2 is 1.76 bits per heavy atom. The van der Waals surface area contributed by atoms with Gasteiger partial charge in [0.25, 0.3) is 0 Å². The summed E-state index contributed by atoms with van der Waals surface area (Å²) in [5.74, 6) is 0.739. The van der Waals surface area contributed by atoms with E-state index in [9.17, 15) is 5.11 Å². The molecule has 25 heavy (non-hydrogen) atoms. The summed E-state index contributed by atoms with van der Waals surface area (Å²) >= 11 is 6.04. The Kier molecular flexibility index (Phi) is 6.25. The Bertz CT molecular complexity index is 589. The maximum atomic E-state index is 12.1. The monoisotopic (exact) mass is 361 g/mol. The summed E-state index contributed by atoms with van der Waals surface area (Å²) in [7, 11) is 4.25. The first-order valence-electron chi connectivity index (χ1n) is 9.84. The lowest BCUT2D eigenvalue weighted by Gasteiger charge is -2.49. The highest BCUT2D eigenvalue weighted by atomic mass is 35.5. The zero-order valence-electron chi connectivity index (χ0n) is 15.7. The van der Waals surface area contributed by atoms with Gasteiger partial charge in [-0.25, -0.2) is 0 Å². The van der Waals surface area contributed by atoms with Crippen molar-refractivity contribution in [2.24, 2.45) is 11.8 Å². The quantitative estimate of drug-likeness (QED) is 0.776. The fraction of sp³-hybridized carbons (Fsp3) is 0.636. The van der Waals surface area contributed by atoms with Crippen LogP contribution >= 0.6 is 11.6 Å². The van der Waals surface area contributed by atoms with Gasteiger partial charge < -0.3 is 10.0 Å². The molecular weight excluding hydrogens is 330 g/mol. The molecular formula is C22H32ClNO. The van der Waals surface area contributed by atoms with Crippen molar-refractivity contribution in [3.63, 3.8) is 0 Å². The lowest BCUT2D eigenvalue weighted by atomic mass is 9.61. The molecule has 2 fully saturated rings. The van der Waals surface area contributed by atoms with Crippen LogP contribution < -0.4 is 0 Å². The van der Waals surface area contributed by atoms with Gasteiger partial charge in [-0.3, -0.25) is 0 Å². The highest BCUT2D eigenvalue weighted by molar-refractivity contribution is 6.30. The van der Waals surface area contributed by atoms with Crippen LogP contribution in [0.25, 0.3) is 6.08 Å². The van der Waals surface area contributed by atoms with E-state index < -0.39 is 5.60 Å². The molecule has 0 aliphatic heterocycles. The minimum atomic E-state index is -0.650. The standard InChI is InChI=1S/C22H32ClNO/c1-24(2)16-20-10-6-9-19(15-17-11-13-21(23)14-12-17)22(20,25)18-7-4-3-5-8-18/h11-15,18,20,25H,3-10,16H2,1-2H3/b19-15-. The fourth-order valence-electron chi connectivity index (χ4n) is 4.98. The number of rotatable bonds is 4. The third-order valence-electron chi connectivity index (χ3n) is 6.16. The zero-order chi connectivity index (χ0) is 17.9. The Morgan fingerprint density at radius 3 is 2.40 bits per heavy atom. The van der Waals surface area contributed by atoms with E-state index in [4.69, 9.17) is 11.6 Å². The van der Waals surface area contributed by atoms with Crippen molar-refractivity contribution in [3.8, 4) is 0 Å². The molecule has 138 valence electrons. The van der Waals surface area contributed by atoms with Crippen molar-refractivity contribution in [2.75, 3.05) is 20.6 Å². The van der Waals surface area contributed by atoms with E-state index in [1.54, 1.807) is 0 Å². The molecule has 0 saturated heterocycles. The van der Waals surface area contributed by atoms with Crippen molar-refractivity contribution in [1.29, 1.82) is 0 Å². The first-order chi connectivity index (χ1) is 12.0. The number of hydrogen-bond acceptors (Lipinski definition) is 2. The molecule has 0 bridgehead atoms. The molecule has 2 nitrogen and oxygen atoms in total. The Hall–Kier alpha value is -0.830. The second-order valence-electron chi connectivity index (χ2n) is 8.23. The molecule has 2 saturated carbocycles. The molecule has 0 radical (unpaired) electrons. The number of benzene rings is 1. The second kappa shape index (κ2) is 8.24. The zero-order valence-corrected chi connectivity index (χ0v) is 16.4. The van der Waals surface area contributed by atoms with Gasteiger partial charge in [-0.15, -0.1) is 0 Å². The molecule has 2 aliphatic rings. The fourth-order valence-corrected chi connectivity index (χ4v) is 5.10. The third-order valence-corrected chi connectivity index (χ3v) is 6.41. The van der Waals surface area contributed by atoms with E-state index in [0.717, 1.165) is 30.0 Å². The van der Waals surface area contributed by atoms with Crippen LogP contribution in [0.3, 0.4) is 0 Å². The smallest absolute Gasteiger partial charge is 0.0928 e. The largest absolute Gasteiger partial charge is 0.385 e. The summed E-state index contributed by atoms with van der Waals surface area (Å²) in [6.07, 6.45) is 11.7. The molecule has 3 heteroatoms. The molecule has 0 spiro atoms. The lowest BCUT2D eigenvalue weighted by molar-refractivity contribution is -0.0706. The van der Waals surface area contributed by atoms with Crippen LogP contribution in [0.15, 0.2) is 29.8 Å². The maximum absolute atomic E-state index is 12.1. The topological polar surface area (TPSA) is 23.5 Å². The minimum absolute atomic E-state index is 0.331. The van der Waals surface area contributed by atoms with Gasteiger partial charge in [0.05, 0.1) is 5.60 Å². The second-order valence-corrected chi connectivity index (χ2v) is 8.67. The summed E-state index contributed by atoms with van der Waals surface area (Å²) in [6.45, 7) is 0.963. The molecule has 0 heterocycles. The van der Waals surface area contributed by atoms with E-state index in [1.807, 2.05) is 12.1 Å². The Labute approximate surface area is 157 Å². The first kappa shape index (κ1) is 18.9. The van der Waals surface area contributed by atoms with Crippen molar-refractivity contribution in [2.45, 2.75) is 57.0 Å². The van der Waals surface area contributed by atoms with Gasteiger partial charge in [0.15, 0.2) is 0 Å². The van der Waals surface area contributed by atoms with Crippen LogP contribution in [-0.4, -0.2) is 36.2 Å². The normalized spacial score (nSPS) is 30.1. The molecule has 0 aromatic heterocycles. The van der Waals surface area contributed by atoms with Crippen LogP contribution in [0.1, 0.15) is 56.9 Å². The highest BCUT2D eigenvalue weighted by Crippen LogP contribution is 2.48. The Morgan fingerprint density at radius 1 is 1.08 bits per heavy atom. The summed E-state index contributed by atoms with van der Waals surface area (Å²) in [5.41, 5.74) is 1.75. The van der Waals surface area contributed by atoms with E-state index in [-0.39, 0.29) is 0 Å². The molecule has 1 aromatic rings. The molecule has 2 atom stereocenters. The van der Waals surface area contributed by atoms with Gasteiger partial charge in [0.2, 0.25) is 0 Å². The van der Waals surface area contributed by atoms with Gasteiger partial charge >= 0.3 is 0 Å². The van der Waals surface area contributed by atoms with E-state index in [2.05, 4.69) is 37.2 Å². The Balaban J connectivity index is 1.96. The number of nitrogens with zero attached hydrogens (tertiary/aromatic N) is 1. The predicted molar refractivity (Wildman–Crippen MR) is 107 cm³/mol. The SMILES string of the molecule is CN(C)CC1CCC/C(=C/c2ccc(Cl)cc2)C1(O)C1CCCCC1. The number of halogens is 1. The molecule has 1 N–H and O–H groups in total. The summed E-state index contributed by atoms with van der Waals surface area (Å²) in [4.78, 5) is 2.24. The molecule has 0 amide bonds. The van der Waals surface area contributed by atoms with Gasteiger partial charge in [-0.1, -0.05) is 49.1 Å². The van der Waals surface area contributed by atoms with Crippen LogP contribution in [-0.2, 0) is 0 Å². The van der Waals surface area contributed by atoms with E-state index >= 15 is 0 Å². The molecule has 1 aromatic carbocycles. The summed E-state index contributed by atoms with van der Waals surface area (Å²) in [5, 5.41) is 12.8. The molecule has 2 aliphatic carbocycles. The van der Waals surface area contributed by atoms with Gasteiger partial charge in [-0.2, -0.15) is 0 Å². The molecule has 2 unspecified atom stereocenters. The van der Waals surface area contributed by atoms with Gasteiger partial charge in [0.1, 0.15) is 0 Å². The van der Waals surface area contributed by atoms with Crippen LogP contribution in [0.2, 0.25) is 5.02 Å². The van der Waals surface area contributed by atoms with Crippen LogP contribution in [0, 0.1) is 11.8 Å². The first-order valence-corrected chi connectivity index (χ1v) is 10.2. The van der Waals surface area contributed by atoms with Crippen molar-refractivity contribution >= 4 is 17.7 Å². The number of hydrogen-bond donors (Lipinski definition) is 1. The van der Waals surface area contributed by atoms with E-state index in [1.165, 1.54) is 44.1 Å². The van der Waals surface area contributed by atoms with E-state index in [0.29, 0.717) is 11.8 Å². The maximum Gasteiger partial charge on any atom is 0.0928 e. The summed E-state index contributed by atoms with van der Waals surface area (Å²) in [6, 6.07) is 8.00. The number of aliphatic hydroxyl groups is 1. The van der Waals surface area contributed by atoms with Gasteiger partial charge in [-0.05, 0) is 75.4 Å². The van der Waals surface area contributed by atoms with Crippen molar-refractivity contribution in [1.82, 2.24) is 4.90 Å². The summed E-state index contributed by atoms with van der Waals surface area (Å²) < 4.78 is 0. The highest BCUT2D eigenvalue weighted by Gasteiger charge is 2.48. The van der Waals surface area contributed by atoms with Crippen LogP contribution in [0.5, 0.6) is 0 Å². The van der Waals surface area contributed by atoms with Crippen LogP contribution in [0.4, 0.5) is 0 Å². The predicted octanol–water partition coefficient (Wildman–Crippen LogP) is 5.40. The average molecular weight is 362 g/mol. The van der Waals surface area contributed by atoms with Gasteiger partial charge in [0, 0.05) is 17.5 Å². The third kappa shape index (κ3) is 4.30. The van der Waals surface area contributed by atoms with Crippen molar-refractivity contribution in [3.05, 3.63) is 40.4 Å². The minimum Gasteiger partial charge on any atom is -0.385 e. The van der Waals surface area contributed by atoms with Crippen molar-refractivity contribution < 1.29 is 5.11 Å². The lowest BCUT2D eigenvalue weighted by Crippen LogP contribution is -2.52.